The van der Waals surface area contributed by atoms with Crippen molar-refractivity contribution in [2.24, 2.45) is 0 Å². The van der Waals surface area contributed by atoms with E-state index in [-0.39, 0.29) is 0 Å². The molecule has 1 aliphatic carbocycles. The summed E-state index contributed by atoms with van der Waals surface area (Å²) in [6.45, 7) is 1.26. The number of aromatic nitrogens is 2. The van der Waals surface area contributed by atoms with Gasteiger partial charge in [0.1, 0.15) is 12.4 Å². The molecule has 0 spiro atoms. The van der Waals surface area contributed by atoms with Crippen LogP contribution in [0.15, 0.2) is 30.6 Å². The fraction of sp³-hybridized carbons (Fsp3) is 0.471. The second kappa shape index (κ2) is 7.49. The molecule has 1 aromatic carbocycles. The highest BCUT2D eigenvalue weighted by atomic mass is 35.5. The first-order chi connectivity index (χ1) is 10.7. The summed E-state index contributed by atoms with van der Waals surface area (Å²) in [5, 5.41) is 1.31. The second-order valence-corrected chi connectivity index (χ2v) is 6.69. The van der Waals surface area contributed by atoms with Crippen LogP contribution in [-0.2, 0) is 17.9 Å². The monoisotopic (exact) mass is 338 g/mol. The fourth-order valence-corrected chi connectivity index (χ4v) is 3.52. The van der Waals surface area contributed by atoms with Crippen LogP contribution in [0, 0.1) is 0 Å². The van der Waals surface area contributed by atoms with Gasteiger partial charge in [0.05, 0.1) is 6.10 Å². The second-order valence-electron chi connectivity index (χ2n) is 5.82. The van der Waals surface area contributed by atoms with Crippen LogP contribution in [0.5, 0.6) is 0 Å². The van der Waals surface area contributed by atoms with Crippen molar-refractivity contribution in [2.45, 2.75) is 51.4 Å². The van der Waals surface area contributed by atoms with Gasteiger partial charge in [-0.2, -0.15) is 0 Å². The lowest BCUT2D eigenvalue weighted by Gasteiger charge is -2.22. The lowest BCUT2D eigenvalue weighted by atomic mass is 9.98. The van der Waals surface area contributed by atoms with Crippen LogP contribution in [0.4, 0.5) is 0 Å². The van der Waals surface area contributed by atoms with Gasteiger partial charge in [-0.05, 0) is 36.6 Å². The molecule has 0 saturated heterocycles. The zero-order valence-corrected chi connectivity index (χ0v) is 14.0. The van der Waals surface area contributed by atoms with Gasteiger partial charge in [-0.1, -0.05) is 42.5 Å². The Balaban J connectivity index is 1.63. The molecule has 0 atom stereocenters. The highest BCUT2D eigenvalue weighted by Crippen LogP contribution is 2.22. The molecular formula is C17H20Cl2N2O. The Kier molecular flexibility index (Phi) is 5.40. The van der Waals surface area contributed by atoms with Crippen LogP contribution in [0.3, 0.4) is 0 Å². The molecule has 0 unspecified atom stereocenters. The Morgan fingerprint density at radius 1 is 1.09 bits per heavy atom. The van der Waals surface area contributed by atoms with E-state index in [0.717, 1.165) is 11.4 Å². The van der Waals surface area contributed by atoms with E-state index in [4.69, 9.17) is 27.9 Å². The van der Waals surface area contributed by atoms with Gasteiger partial charge in [-0.25, -0.2) is 4.98 Å². The molecule has 22 heavy (non-hydrogen) atoms. The van der Waals surface area contributed by atoms with Crippen LogP contribution in [0.25, 0.3) is 0 Å². The summed E-state index contributed by atoms with van der Waals surface area (Å²) >= 11 is 12.1. The number of halogens is 2. The van der Waals surface area contributed by atoms with Crippen molar-refractivity contribution in [3.8, 4) is 0 Å². The van der Waals surface area contributed by atoms with Gasteiger partial charge in [0, 0.05) is 29.0 Å². The third kappa shape index (κ3) is 4.25. The molecule has 1 aromatic heterocycles. The molecule has 0 amide bonds. The molecule has 2 aromatic rings. The highest BCUT2D eigenvalue weighted by Gasteiger charge is 2.15. The smallest absolute Gasteiger partial charge is 0.135 e. The summed E-state index contributed by atoms with van der Waals surface area (Å²) in [6, 6.07) is 5.60. The van der Waals surface area contributed by atoms with Gasteiger partial charge < -0.3 is 9.30 Å². The largest absolute Gasteiger partial charge is 0.370 e. The van der Waals surface area contributed by atoms with E-state index in [1.54, 1.807) is 6.07 Å². The number of benzene rings is 1. The van der Waals surface area contributed by atoms with Gasteiger partial charge in [0.2, 0.25) is 0 Å². The van der Waals surface area contributed by atoms with Gasteiger partial charge in [0.25, 0.3) is 0 Å². The summed E-state index contributed by atoms with van der Waals surface area (Å²) in [7, 11) is 0. The summed E-state index contributed by atoms with van der Waals surface area (Å²) in [4.78, 5) is 4.41. The molecule has 1 aliphatic rings. The molecular weight excluding hydrogens is 319 g/mol. The standard InChI is InChI=1S/C17H20Cl2N2O/c18-14-8-13(9-15(19)10-14)11-21-7-6-20-17(21)12-22-16-4-2-1-3-5-16/h6-10,16H,1-5,11-12H2. The normalized spacial score (nSPS) is 16.1. The van der Waals surface area contributed by atoms with Crippen LogP contribution in [-0.4, -0.2) is 15.7 Å². The van der Waals surface area contributed by atoms with E-state index < -0.39 is 0 Å². The molecule has 3 rings (SSSR count). The zero-order chi connectivity index (χ0) is 15.4. The van der Waals surface area contributed by atoms with Crippen molar-refractivity contribution >= 4 is 23.2 Å². The van der Waals surface area contributed by atoms with Gasteiger partial charge >= 0.3 is 0 Å². The number of nitrogens with zero attached hydrogens (tertiary/aromatic N) is 2. The third-order valence-electron chi connectivity index (χ3n) is 4.08. The van der Waals surface area contributed by atoms with Crippen LogP contribution < -0.4 is 0 Å². The Morgan fingerprint density at radius 3 is 2.55 bits per heavy atom. The Bertz CT molecular complexity index is 601. The predicted molar refractivity (Wildman–Crippen MR) is 89.5 cm³/mol. The molecule has 0 N–H and O–H groups in total. The first-order valence-corrected chi connectivity index (χ1v) is 8.53. The maximum atomic E-state index is 6.06. The van der Waals surface area contributed by atoms with E-state index in [0.29, 0.717) is 29.3 Å². The number of rotatable bonds is 5. The first kappa shape index (κ1) is 15.9. The van der Waals surface area contributed by atoms with Crippen molar-refractivity contribution in [2.75, 3.05) is 0 Å². The molecule has 5 heteroatoms. The average molecular weight is 339 g/mol. The number of hydrogen-bond acceptors (Lipinski definition) is 2. The van der Waals surface area contributed by atoms with E-state index >= 15 is 0 Å². The lowest BCUT2D eigenvalue weighted by Crippen LogP contribution is -2.18. The van der Waals surface area contributed by atoms with Crippen LogP contribution in [0.1, 0.15) is 43.5 Å². The summed E-state index contributed by atoms with van der Waals surface area (Å²) in [6.07, 6.45) is 10.4. The Morgan fingerprint density at radius 2 is 1.82 bits per heavy atom. The topological polar surface area (TPSA) is 27.1 Å². The maximum Gasteiger partial charge on any atom is 0.135 e. The fourth-order valence-electron chi connectivity index (χ4n) is 2.95. The van der Waals surface area contributed by atoms with Gasteiger partial charge in [-0.3, -0.25) is 0 Å². The summed E-state index contributed by atoms with van der Waals surface area (Å²) < 4.78 is 8.11. The maximum absolute atomic E-state index is 6.06. The molecule has 1 fully saturated rings. The minimum Gasteiger partial charge on any atom is -0.370 e. The van der Waals surface area contributed by atoms with Crippen LogP contribution >= 0.6 is 23.2 Å². The third-order valence-corrected chi connectivity index (χ3v) is 4.51. The van der Waals surface area contributed by atoms with E-state index in [1.165, 1.54) is 32.1 Å². The van der Waals surface area contributed by atoms with Crippen molar-refractivity contribution in [3.63, 3.8) is 0 Å². The average Bonchev–Trinajstić information content (AvgIpc) is 2.92. The minimum absolute atomic E-state index is 0.388. The summed E-state index contributed by atoms with van der Waals surface area (Å²) in [5.41, 5.74) is 1.06. The number of hydrogen-bond donors (Lipinski definition) is 0. The molecule has 3 nitrogen and oxygen atoms in total. The van der Waals surface area contributed by atoms with Crippen molar-refractivity contribution in [1.29, 1.82) is 0 Å². The van der Waals surface area contributed by atoms with E-state index in [1.807, 2.05) is 24.5 Å². The Labute approximate surface area is 141 Å². The number of ether oxygens (including phenoxy) is 1. The van der Waals surface area contributed by atoms with Crippen molar-refractivity contribution in [1.82, 2.24) is 9.55 Å². The summed E-state index contributed by atoms with van der Waals surface area (Å²) in [5.74, 6) is 0.946. The minimum atomic E-state index is 0.388. The van der Waals surface area contributed by atoms with E-state index in [9.17, 15) is 0 Å². The zero-order valence-electron chi connectivity index (χ0n) is 12.5. The molecule has 118 valence electrons. The van der Waals surface area contributed by atoms with Crippen LogP contribution in [0.2, 0.25) is 10.0 Å². The molecule has 1 heterocycles. The van der Waals surface area contributed by atoms with Crippen molar-refractivity contribution in [3.05, 3.63) is 52.0 Å². The molecule has 0 aliphatic heterocycles. The lowest BCUT2D eigenvalue weighted by molar-refractivity contribution is 0.0124. The first-order valence-electron chi connectivity index (χ1n) is 7.77. The number of imidazole rings is 1. The highest BCUT2D eigenvalue weighted by molar-refractivity contribution is 6.34. The van der Waals surface area contributed by atoms with Gasteiger partial charge in [0.15, 0.2) is 0 Å². The van der Waals surface area contributed by atoms with Gasteiger partial charge in [-0.15, -0.1) is 0 Å². The SMILES string of the molecule is Clc1cc(Cl)cc(Cn2ccnc2COC2CCCCC2)c1. The van der Waals surface area contributed by atoms with E-state index in [2.05, 4.69) is 9.55 Å². The Hall–Kier alpha value is -1.03. The predicted octanol–water partition coefficient (Wildman–Crippen LogP) is 5.09. The molecule has 0 radical (unpaired) electrons. The molecule has 1 saturated carbocycles. The van der Waals surface area contributed by atoms with Crippen molar-refractivity contribution < 1.29 is 4.74 Å². The quantitative estimate of drug-likeness (QED) is 0.759. The molecule has 0 bridgehead atoms.